The summed E-state index contributed by atoms with van der Waals surface area (Å²) in [6, 6.07) is 10.1. The van der Waals surface area contributed by atoms with Gasteiger partial charge in [-0.05, 0) is 37.8 Å². The summed E-state index contributed by atoms with van der Waals surface area (Å²) >= 11 is 0. The van der Waals surface area contributed by atoms with Gasteiger partial charge in [0.2, 0.25) is 11.8 Å². The maximum Gasteiger partial charge on any atom is 0.248 e. The molecule has 2 N–H and O–H groups in total. The fourth-order valence-electron chi connectivity index (χ4n) is 3.90. The number of ether oxygens (including phenoxy) is 1. The molecule has 136 valence electrons. The van der Waals surface area contributed by atoms with Gasteiger partial charge in [0.15, 0.2) is 0 Å². The van der Waals surface area contributed by atoms with Crippen LogP contribution in [0.25, 0.3) is 0 Å². The van der Waals surface area contributed by atoms with Crippen LogP contribution >= 0.6 is 0 Å². The molecule has 2 amide bonds. The van der Waals surface area contributed by atoms with E-state index < -0.39 is 0 Å². The molecule has 2 heterocycles. The van der Waals surface area contributed by atoms with Gasteiger partial charge in [-0.1, -0.05) is 30.3 Å². The molecule has 2 aliphatic heterocycles. The molecular weight excluding hydrogens is 318 g/mol. The summed E-state index contributed by atoms with van der Waals surface area (Å²) in [5, 5.41) is 0. The molecule has 0 bridgehead atoms. The topological polar surface area (TPSA) is 75.9 Å². The number of benzene rings is 1. The number of nitrogens with zero attached hydrogens (tertiary/aromatic N) is 2. The minimum Gasteiger partial charge on any atom is -0.368 e. The van der Waals surface area contributed by atoms with Crippen molar-refractivity contribution in [3.63, 3.8) is 0 Å². The number of amides is 2. The standard InChI is InChI=1S/C19H27N3O3/c20-19(24)17-7-4-10-22(17)16-8-11-21(12-9-16)18(23)14-25-13-15-5-2-1-3-6-15/h1-3,5-6,16-17H,4,7-14H2,(H2,20,24). The Morgan fingerprint density at radius 2 is 1.80 bits per heavy atom. The molecule has 1 aromatic rings. The van der Waals surface area contributed by atoms with Crippen molar-refractivity contribution in [2.24, 2.45) is 5.73 Å². The van der Waals surface area contributed by atoms with Gasteiger partial charge in [0.1, 0.15) is 6.61 Å². The molecule has 25 heavy (non-hydrogen) atoms. The first-order valence-corrected chi connectivity index (χ1v) is 9.09. The molecule has 1 unspecified atom stereocenters. The predicted molar refractivity (Wildman–Crippen MR) is 94.6 cm³/mol. The van der Waals surface area contributed by atoms with E-state index in [1.165, 1.54) is 0 Å². The second kappa shape index (κ2) is 8.45. The van der Waals surface area contributed by atoms with Gasteiger partial charge in [0.25, 0.3) is 0 Å². The summed E-state index contributed by atoms with van der Waals surface area (Å²) in [4.78, 5) is 28.0. The number of rotatable bonds is 6. The molecule has 3 rings (SSSR count). The van der Waals surface area contributed by atoms with E-state index >= 15 is 0 Å². The van der Waals surface area contributed by atoms with Crippen LogP contribution in [0.5, 0.6) is 0 Å². The number of hydrogen-bond acceptors (Lipinski definition) is 4. The Morgan fingerprint density at radius 3 is 2.48 bits per heavy atom. The average molecular weight is 345 g/mol. The average Bonchev–Trinajstić information content (AvgIpc) is 3.13. The minimum absolute atomic E-state index is 0.0438. The molecule has 0 saturated carbocycles. The van der Waals surface area contributed by atoms with E-state index in [4.69, 9.17) is 10.5 Å². The molecule has 2 aliphatic rings. The fourth-order valence-corrected chi connectivity index (χ4v) is 3.90. The second-order valence-electron chi connectivity index (χ2n) is 6.89. The Hall–Kier alpha value is -1.92. The lowest BCUT2D eigenvalue weighted by Crippen LogP contribution is -2.51. The number of carbonyl (C=O) groups excluding carboxylic acids is 2. The summed E-state index contributed by atoms with van der Waals surface area (Å²) in [6.45, 7) is 2.96. The van der Waals surface area contributed by atoms with Crippen molar-refractivity contribution in [3.05, 3.63) is 35.9 Å². The van der Waals surface area contributed by atoms with Gasteiger partial charge in [-0.2, -0.15) is 0 Å². The van der Waals surface area contributed by atoms with Gasteiger partial charge >= 0.3 is 0 Å². The third kappa shape index (κ3) is 4.58. The third-order valence-electron chi connectivity index (χ3n) is 5.25. The maximum absolute atomic E-state index is 12.3. The van der Waals surface area contributed by atoms with Crippen LogP contribution in [-0.2, 0) is 20.9 Å². The van der Waals surface area contributed by atoms with Crippen molar-refractivity contribution >= 4 is 11.8 Å². The number of piperidine rings is 1. The van der Waals surface area contributed by atoms with Gasteiger partial charge in [-0.15, -0.1) is 0 Å². The molecule has 6 heteroatoms. The van der Waals surface area contributed by atoms with E-state index in [-0.39, 0.29) is 24.5 Å². The first kappa shape index (κ1) is 17.9. The Bertz CT molecular complexity index is 585. The SMILES string of the molecule is NC(=O)C1CCCN1C1CCN(C(=O)COCc2ccccc2)CC1. The van der Waals surface area contributed by atoms with Crippen molar-refractivity contribution in [2.45, 2.75) is 44.4 Å². The minimum atomic E-state index is -0.217. The largest absolute Gasteiger partial charge is 0.368 e. The van der Waals surface area contributed by atoms with Crippen molar-refractivity contribution < 1.29 is 14.3 Å². The maximum atomic E-state index is 12.3. The number of carbonyl (C=O) groups is 2. The predicted octanol–water partition coefficient (Wildman–Crippen LogP) is 1.14. The van der Waals surface area contributed by atoms with Crippen LogP contribution in [0.1, 0.15) is 31.2 Å². The second-order valence-corrected chi connectivity index (χ2v) is 6.89. The number of likely N-dealkylation sites (tertiary alicyclic amines) is 2. The molecular formula is C19H27N3O3. The Morgan fingerprint density at radius 1 is 1.08 bits per heavy atom. The third-order valence-corrected chi connectivity index (χ3v) is 5.25. The lowest BCUT2D eigenvalue weighted by atomic mass is 10.0. The number of primary amides is 1. The smallest absolute Gasteiger partial charge is 0.248 e. The summed E-state index contributed by atoms with van der Waals surface area (Å²) in [5.41, 5.74) is 6.58. The summed E-state index contributed by atoms with van der Waals surface area (Å²) in [6.07, 6.45) is 3.68. The molecule has 1 aromatic carbocycles. The van der Waals surface area contributed by atoms with Crippen LogP contribution in [-0.4, -0.2) is 59.9 Å². The van der Waals surface area contributed by atoms with Crippen molar-refractivity contribution in [1.29, 1.82) is 0 Å². The number of hydrogen-bond donors (Lipinski definition) is 1. The van der Waals surface area contributed by atoms with Crippen LogP contribution < -0.4 is 5.73 Å². The van der Waals surface area contributed by atoms with Crippen LogP contribution in [0.4, 0.5) is 0 Å². The van der Waals surface area contributed by atoms with Crippen molar-refractivity contribution in [2.75, 3.05) is 26.2 Å². The summed E-state index contributed by atoms with van der Waals surface area (Å²) in [7, 11) is 0. The first-order chi connectivity index (χ1) is 12.1. The summed E-state index contributed by atoms with van der Waals surface area (Å²) in [5.74, 6) is -0.174. The van der Waals surface area contributed by atoms with E-state index in [2.05, 4.69) is 4.90 Å². The molecule has 0 radical (unpaired) electrons. The number of nitrogens with two attached hydrogens (primary N) is 1. The van der Waals surface area contributed by atoms with Gasteiger partial charge < -0.3 is 15.4 Å². The molecule has 1 atom stereocenters. The van der Waals surface area contributed by atoms with E-state index in [0.717, 1.165) is 50.9 Å². The van der Waals surface area contributed by atoms with Crippen molar-refractivity contribution in [1.82, 2.24) is 9.80 Å². The van der Waals surface area contributed by atoms with Crippen LogP contribution in [0.2, 0.25) is 0 Å². The summed E-state index contributed by atoms with van der Waals surface area (Å²) < 4.78 is 5.55. The molecule has 0 aromatic heterocycles. The Kier molecular flexibility index (Phi) is 6.04. The molecule has 2 fully saturated rings. The first-order valence-electron chi connectivity index (χ1n) is 9.09. The van der Waals surface area contributed by atoms with Gasteiger partial charge in [0.05, 0.1) is 12.6 Å². The van der Waals surface area contributed by atoms with Gasteiger partial charge in [-0.3, -0.25) is 14.5 Å². The van der Waals surface area contributed by atoms with Crippen LogP contribution in [0.15, 0.2) is 30.3 Å². The molecule has 2 saturated heterocycles. The van der Waals surface area contributed by atoms with E-state index in [9.17, 15) is 9.59 Å². The lowest BCUT2D eigenvalue weighted by Gasteiger charge is -2.38. The highest BCUT2D eigenvalue weighted by atomic mass is 16.5. The monoisotopic (exact) mass is 345 g/mol. The molecule has 6 nitrogen and oxygen atoms in total. The highest BCUT2D eigenvalue weighted by molar-refractivity contribution is 5.80. The van der Waals surface area contributed by atoms with Crippen LogP contribution in [0, 0.1) is 0 Å². The lowest BCUT2D eigenvalue weighted by molar-refractivity contribution is -0.138. The quantitative estimate of drug-likeness (QED) is 0.839. The zero-order valence-electron chi connectivity index (χ0n) is 14.6. The normalized spacial score (nSPS) is 22.2. The zero-order chi connectivity index (χ0) is 17.6. The van der Waals surface area contributed by atoms with Crippen LogP contribution in [0.3, 0.4) is 0 Å². The van der Waals surface area contributed by atoms with E-state index in [0.29, 0.717) is 12.6 Å². The fraction of sp³-hybridized carbons (Fsp3) is 0.579. The van der Waals surface area contributed by atoms with Crippen molar-refractivity contribution in [3.8, 4) is 0 Å². The highest BCUT2D eigenvalue weighted by Gasteiger charge is 2.36. The highest BCUT2D eigenvalue weighted by Crippen LogP contribution is 2.25. The zero-order valence-corrected chi connectivity index (χ0v) is 14.6. The van der Waals surface area contributed by atoms with Gasteiger partial charge in [0, 0.05) is 19.1 Å². The molecule has 0 spiro atoms. The Balaban J connectivity index is 1.41. The van der Waals surface area contributed by atoms with Gasteiger partial charge in [-0.25, -0.2) is 0 Å². The molecule has 0 aliphatic carbocycles. The van der Waals surface area contributed by atoms with E-state index in [1.807, 2.05) is 35.2 Å². The van der Waals surface area contributed by atoms with E-state index in [1.54, 1.807) is 0 Å². The Labute approximate surface area is 148 Å².